The van der Waals surface area contributed by atoms with Gasteiger partial charge in [-0.25, -0.2) is 9.97 Å². The van der Waals surface area contributed by atoms with Crippen molar-refractivity contribution in [3.63, 3.8) is 0 Å². The highest BCUT2D eigenvalue weighted by atomic mass is 32.1. The van der Waals surface area contributed by atoms with Crippen LogP contribution in [0.3, 0.4) is 0 Å². The predicted octanol–water partition coefficient (Wildman–Crippen LogP) is 2.39. The fraction of sp³-hybridized carbons (Fsp3) is 0.400. The van der Waals surface area contributed by atoms with E-state index in [4.69, 9.17) is 19.4 Å². The van der Waals surface area contributed by atoms with Crippen molar-refractivity contribution in [1.29, 1.82) is 0 Å². The summed E-state index contributed by atoms with van der Waals surface area (Å²) in [5.74, 6) is 2.86. The number of nitrogens with zero attached hydrogens (tertiary/aromatic N) is 3. The van der Waals surface area contributed by atoms with Crippen LogP contribution in [0.15, 0.2) is 35.7 Å². The topological polar surface area (TPSA) is 69.0 Å². The molecule has 2 aliphatic heterocycles. The van der Waals surface area contributed by atoms with Crippen LogP contribution in [0.25, 0.3) is 0 Å². The van der Waals surface area contributed by atoms with E-state index in [1.54, 1.807) is 11.3 Å². The third-order valence-corrected chi connectivity index (χ3v) is 7.93. The van der Waals surface area contributed by atoms with Crippen molar-refractivity contribution < 1.29 is 19.2 Å². The molecule has 1 aromatic carbocycles. The number of aromatic nitrogens is 2. The summed E-state index contributed by atoms with van der Waals surface area (Å²) in [6, 6.07) is 10.4. The summed E-state index contributed by atoms with van der Waals surface area (Å²) in [5.41, 5.74) is 3.75. The molecule has 1 N–H and O–H groups in total. The molecule has 1 fully saturated rings. The molecule has 0 saturated carbocycles. The lowest BCUT2D eigenvalue weighted by atomic mass is 9.84. The van der Waals surface area contributed by atoms with Crippen LogP contribution < -0.4 is 19.3 Å². The number of anilines is 1. The number of carbonyl (C=O) groups is 1. The minimum atomic E-state index is 0.177. The van der Waals surface area contributed by atoms with E-state index < -0.39 is 0 Å². The number of ketones is 1. The molecule has 7 nitrogen and oxygen atoms in total. The lowest BCUT2D eigenvalue weighted by molar-refractivity contribution is -0.914. The van der Waals surface area contributed by atoms with E-state index in [0.717, 1.165) is 73.5 Å². The van der Waals surface area contributed by atoms with Crippen LogP contribution in [-0.2, 0) is 13.0 Å². The van der Waals surface area contributed by atoms with E-state index in [1.165, 1.54) is 15.3 Å². The maximum absolute atomic E-state index is 12.9. The second-order valence-electron chi connectivity index (χ2n) is 9.08. The smallest absolute Gasteiger partial charge is 0.231 e. The van der Waals surface area contributed by atoms with E-state index in [-0.39, 0.29) is 11.7 Å². The van der Waals surface area contributed by atoms with Crippen LogP contribution in [0.5, 0.6) is 11.5 Å². The minimum Gasteiger partial charge on any atom is -0.454 e. The van der Waals surface area contributed by atoms with Crippen molar-refractivity contribution in [2.24, 2.45) is 0 Å². The first-order valence-electron chi connectivity index (χ1n) is 11.5. The molecule has 3 aliphatic rings. The molecule has 6 rings (SSSR count). The molecular weight excluding hydrogens is 436 g/mol. The molecule has 3 aromatic rings. The SMILES string of the molecule is Cc1nc(N2CC[NH+](Cc3ccc4c(c3)OCO4)CC2)nc2c1C(=O)C[C@H](c1cccs1)C2. The van der Waals surface area contributed by atoms with Gasteiger partial charge in [0, 0.05) is 22.8 Å². The largest absolute Gasteiger partial charge is 0.454 e. The van der Waals surface area contributed by atoms with Crippen LogP contribution in [0.2, 0.25) is 0 Å². The molecule has 0 unspecified atom stereocenters. The summed E-state index contributed by atoms with van der Waals surface area (Å²) in [6.45, 7) is 7.07. The summed E-state index contributed by atoms with van der Waals surface area (Å²) in [4.78, 5) is 27.6. The van der Waals surface area contributed by atoms with Crippen molar-refractivity contribution in [1.82, 2.24) is 9.97 Å². The summed E-state index contributed by atoms with van der Waals surface area (Å²) >= 11 is 1.73. The lowest BCUT2D eigenvalue weighted by Gasteiger charge is -2.33. The van der Waals surface area contributed by atoms with Crippen LogP contribution in [0.1, 0.15) is 44.5 Å². The number of hydrogen-bond donors (Lipinski definition) is 1. The number of hydrogen-bond acceptors (Lipinski definition) is 7. The summed E-state index contributed by atoms with van der Waals surface area (Å²) in [7, 11) is 0. The van der Waals surface area contributed by atoms with E-state index in [9.17, 15) is 4.79 Å². The number of nitrogens with one attached hydrogen (secondary N) is 1. The summed E-state index contributed by atoms with van der Waals surface area (Å²) < 4.78 is 10.9. The highest BCUT2D eigenvalue weighted by molar-refractivity contribution is 7.10. The molecule has 1 aliphatic carbocycles. The second kappa shape index (κ2) is 8.43. The number of fused-ring (bicyclic) bond motifs is 2. The Hall–Kier alpha value is -2.97. The quantitative estimate of drug-likeness (QED) is 0.641. The van der Waals surface area contributed by atoms with Crippen LogP contribution in [0, 0.1) is 6.92 Å². The number of benzene rings is 1. The number of piperazine rings is 1. The third kappa shape index (κ3) is 3.98. The molecule has 33 heavy (non-hydrogen) atoms. The van der Waals surface area contributed by atoms with Gasteiger partial charge in [0.05, 0.1) is 43.1 Å². The minimum absolute atomic E-state index is 0.177. The average molecular weight is 464 g/mol. The van der Waals surface area contributed by atoms with Gasteiger partial charge in [-0.15, -0.1) is 11.3 Å². The normalized spacial score (nSPS) is 20.2. The number of ether oxygens (including phenoxy) is 2. The Labute approximate surface area is 197 Å². The van der Waals surface area contributed by atoms with Crippen molar-refractivity contribution in [2.45, 2.75) is 32.2 Å². The van der Waals surface area contributed by atoms with Gasteiger partial charge in [-0.05, 0) is 43.0 Å². The summed E-state index contributed by atoms with van der Waals surface area (Å²) in [6.07, 6.45) is 1.37. The fourth-order valence-corrected chi connectivity index (χ4v) is 5.99. The zero-order valence-electron chi connectivity index (χ0n) is 18.7. The number of aryl methyl sites for hydroxylation is 1. The number of quaternary nitrogens is 1. The number of Topliss-reactive ketones (excluding diaryl/α,β-unsaturated/α-hetero) is 1. The first kappa shape index (κ1) is 20.6. The Morgan fingerprint density at radius 3 is 2.79 bits per heavy atom. The van der Waals surface area contributed by atoms with Crippen molar-refractivity contribution in [3.8, 4) is 11.5 Å². The predicted molar refractivity (Wildman–Crippen MR) is 126 cm³/mol. The van der Waals surface area contributed by atoms with Gasteiger partial charge in [0.25, 0.3) is 0 Å². The Morgan fingerprint density at radius 1 is 1.12 bits per heavy atom. The Balaban J connectivity index is 1.15. The molecule has 8 heteroatoms. The van der Waals surface area contributed by atoms with Gasteiger partial charge >= 0.3 is 0 Å². The van der Waals surface area contributed by atoms with Crippen LogP contribution in [0.4, 0.5) is 5.95 Å². The fourth-order valence-electron chi connectivity index (χ4n) is 5.16. The molecule has 1 saturated heterocycles. The third-order valence-electron chi connectivity index (χ3n) is 6.89. The molecule has 2 aromatic heterocycles. The van der Waals surface area contributed by atoms with E-state index >= 15 is 0 Å². The molecule has 0 amide bonds. The molecule has 4 heterocycles. The number of rotatable bonds is 4. The van der Waals surface area contributed by atoms with Crippen LogP contribution >= 0.6 is 11.3 Å². The Kier molecular flexibility index (Phi) is 5.27. The van der Waals surface area contributed by atoms with E-state index in [1.807, 2.05) is 13.0 Å². The zero-order valence-corrected chi connectivity index (χ0v) is 19.5. The van der Waals surface area contributed by atoms with Gasteiger partial charge in [-0.1, -0.05) is 6.07 Å². The highest BCUT2D eigenvalue weighted by Crippen LogP contribution is 2.35. The number of carbonyl (C=O) groups excluding carboxylic acids is 1. The van der Waals surface area contributed by atoms with E-state index in [2.05, 4.69) is 34.5 Å². The van der Waals surface area contributed by atoms with Crippen molar-refractivity contribution in [2.75, 3.05) is 37.9 Å². The molecule has 0 radical (unpaired) electrons. The second-order valence-corrected chi connectivity index (χ2v) is 10.1. The molecule has 1 atom stereocenters. The van der Waals surface area contributed by atoms with Gasteiger partial charge in [0.1, 0.15) is 6.54 Å². The highest BCUT2D eigenvalue weighted by Gasteiger charge is 2.32. The average Bonchev–Trinajstić information content (AvgIpc) is 3.51. The van der Waals surface area contributed by atoms with Gasteiger partial charge in [0.2, 0.25) is 12.7 Å². The Bertz CT molecular complexity index is 1190. The van der Waals surface area contributed by atoms with Gasteiger partial charge in [0.15, 0.2) is 17.3 Å². The summed E-state index contributed by atoms with van der Waals surface area (Å²) in [5, 5.41) is 2.08. The first-order chi connectivity index (χ1) is 16.1. The maximum Gasteiger partial charge on any atom is 0.231 e. The molecule has 0 bridgehead atoms. The molecule has 0 spiro atoms. The monoisotopic (exact) mass is 463 g/mol. The number of thiophene rings is 1. The molecular formula is C25H27N4O3S+. The van der Waals surface area contributed by atoms with E-state index in [0.29, 0.717) is 13.2 Å². The van der Waals surface area contributed by atoms with Gasteiger partial charge in [-0.3, -0.25) is 4.79 Å². The first-order valence-corrected chi connectivity index (χ1v) is 12.4. The van der Waals surface area contributed by atoms with Crippen molar-refractivity contribution >= 4 is 23.1 Å². The van der Waals surface area contributed by atoms with Gasteiger partial charge in [-0.2, -0.15) is 0 Å². The van der Waals surface area contributed by atoms with Crippen molar-refractivity contribution in [3.05, 3.63) is 63.1 Å². The zero-order chi connectivity index (χ0) is 22.4. The molecule has 170 valence electrons. The van der Waals surface area contributed by atoms with Gasteiger partial charge < -0.3 is 19.3 Å². The lowest BCUT2D eigenvalue weighted by Crippen LogP contribution is -3.13. The standard InChI is InChI=1S/C25H26N4O3S/c1-16-24-19(12-18(13-20(24)30)23-3-2-10-33-23)27-25(26-16)29-8-6-28(7-9-29)14-17-4-5-21-22(11-17)32-15-31-21/h2-5,10-11,18H,6-9,12-15H2,1H3/p+1/t18-/m1/s1. The Morgan fingerprint density at radius 2 is 1.97 bits per heavy atom. The van der Waals surface area contributed by atoms with Crippen LogP contribution in [-0.4, -0.2) is 48.7 Å². The maximum atomic E-state index is 12.9.